The predicted molar refractivity (Wildman–Crippen MR) is 49.5 cm³/mol. The largest absolute Gasteiger partial charge is 0.475 e. The molecule has 2 rings (SSSR count). The lowest BCUT2D eigenvalue weighted by Crippen LogP contribution is -2.03. The third-order valence-electron chi connectivity index (χ3n) is 1.99. The van der Waals surface area contributed by atoms with E-state index in [9.17, 15) is 4.79 Å². The smallest absolute Gasteiger partial charge is 0.371 e. The zero-order chi connectivity index (χ0) is 10.8. The number of carboxylic acids is 1. The molecule has 0 bridgehead atoms. The van der Waals surface area contributed by atoms with Crippen LogP contribution in [0, 0.1) is 6.92 Å². The summed E-state index contributed by atoms with van der Waals surface area (Å²) in [5, 5.41) is 16.2. The molecule has 6 nitrogen and oxygen atoms in total. The number of carboxylic acid groups (broad SMARTS) is 1. The summed E-state index contributed by atoms with van der Waals surface area (Å²) in [7, 11) is 0. The number of nitrogens with zero attached hydrogens (tertiary/aromatic N) is 3. The van der Waals surface area contributed by atoms with E-state index in [1.807, 2.05) is 6.92 Å². The molecule has 0 spiro atoms. The molecule has 0 aromatic carbocycles. The zero-order valence-electron chi connectivity index (χ0n) is 8.04. The van der Waals surface area contributed by atoms with Gasteiger partial charge in [0, 0.05) is 0 Å². The van der Waals surface area contributed by atoms with Crippen LogP contribution in [0.1, 0.15) is 22.0 Å². The summed E-state index contributed by atoms with van der Waals surface area (Å²) >= 11 is 0. The third kappa shape index (κ3) is 1.88. The van der Waals surface area contributed by atoms with Gasteiger partial charge in [-0.1, -0.05) is 5.21 Å². The van der Waals surface area contributed by atoms with Crippen molar-refractivity contribution in [1.29, 1.82) is 0 Å². The Morgan fingerprint density at radius 2 is 2.40 bits per heavy atom. The van der Waals surface area contributed by atoms with Crippen LogP contribution >= 0.6 is 0 Å². The van der Waals surface area contributed by atoms with E-state index in [0.29, 0.717) is 12.3 Å². The van der Waals surface area contributed by atoms with Gasteiger partial charge < -0.3 is 9.52 Å². The molecule has 0 atom stereocenters. The van der Waals surface area contributed by atoms with Gasteiger partial charge in [0.1, 0.15) is 12.3 Å². The normalized spacial score (nSPS) is 10.5. The Morgan fingerprint density at radius 1 is 1.60 bits per heavy atom. The second kappa shape index (κ2) is 3.56. The molecule has 2 aromatic rings. The van der Waals surface area contributed by atoms with Crippen LogP contribution in [0.4, 0.5) is 0 Å². The number of aromatic carboxylic acids is 1. The van der Waals surface area contributed by atoms with Crippen LogP contribution in [0.2, 0.25) is 0 Å². The van der Waals surface area contributed by atoms with Gasteiger partial charge in [-0.15, -0.1) is 5.10 Å². The number of aryl methyl sites for hydroxylation is 1. The Kier molecular flexibility index (Phi) is 2.24. The molecule has 0 aliphatic heterocycles. The first-order valence-electron chi connectivity index (χ1n) is 4.34. The number of furan rings is 1. The van der Waals surface area contributed by atoms with E-state index < -0.39 is 5.97 Å². The van der Waals surface area contributed by atoms with E-state index in [4.69, 9.17) is 9.52 Å². The van der Waals surface area contributed by atoms with Gasteiger partial charge in [-0.05, 0) is 19.1 Å². The molecule has 0 amide bonds. The number of hydrogen-bond acceptors (Lipinski definition) is 4. The first-order valence-corrected chi connectivity index (χ1v) is 4.34. The van der Waals surface area contributed by atoms with Gasteiger partial charge in [-0.3, -0.25) is 0 Å². The lowest BCUT2D eigenvalue weighted by atomic mass is 10.4. The molecule has 2 heterocycles. The summed E-state index contributed by atoms with van der Waals surface area (Å²) in [6.45, 7) is 2.25. The SMILES string of the molecule is Cc1cnnn1Cc1ccc(C(=O)O)o1. The van der Waals surface area contributed by atoms with E-state index in [0.717, 1.165) is 5.69 Å². The molecule has 6 heteroatoms. The topological polar surface area (TPSA) is 81.2 Å². The van der Waals surface area contributed by atoms with Crippen molar-refractivity contribution < 1.29 is 14.3 Å². The minimum absolute atomic E-state index is 0.0669. The molecular weight excluding hydrogens is 198 g/mol. The molecule has 0 radical (unpaired) electrons. The van der Waals surface area contributed by atoms with Crippen molar-refractivity contribution in [3.05, 3.63) is 35.5 Å². The standard InChI is InChI=1S/C9H9N3O3/c1-6-4-10-11-12(6)5-7-2-3-8(15-7)9(13)14/h2-4H,5H2,1H3,(H,13,14). The fraction of sp³-hybridized carbons (Fsp3) is 0.222. The quantitative estimate of drug-likeness (QED) is 0.809. The third-order valence-corrected chi connectivity index (χ3v) is 1.99. The van der Waals surface area contributed by atoms with Crippen LogP contribution in [0.25, 0.3) is 0 Å². The van der Waals surface area contributed by atoms with Gasteiger partial charge in [-0.2, -0.15) is 0 Å². The highest BCUT2D eigenvalue weighted by Crippen LogP contribution is 2.09. The van der Waals surface area contributed by atoms with Crippen LogP contribution in [-0.4, -0.2) is 26.1 Å². The average Bonchev–Trinajstić information content (AvgIpc) is 2.77. The molecule has 0 saturated heterocycles. The Labute approximate surface area is 85.1 Å². The minimum Gasteiger partial charge on any atom is -0.475 e. The molecule has 0 aliphatic carbocycles. The molecule has 0 unspecified atom stereocenters. The Bertz CT molecular complexity index is 486. The van der Waals surface area contributed by atoms with Gasteiger partial charge >= 0.3 is 5.97 Å². The van der Waals surface area contributed by atoms with Gasteiger partial charge in [0.15, 0.2) is 0 Å². The lowest BCUT2D eigenvalue weighted by molar-refractivity contribution is 0.0660. The van der Waals surface area contributed by atoms with Crippen LogP contribution in [0.3, 0.4) is 0 Å². The maximum atomic E-state index is 10.6. The van der Waals surface area contributed by atoms with Crippen molar-refractivity contribution in [3.63, 3.8) is 0 Å². The van der Waals surface area contributed by atoms with Crippen LogP contribution in [0.15, 0.2) is 22.7 Å². The van der Waals surface area contributed by atoms with Crippen molar-refractivity contribution in [2.45, 2.75) is 13.5 Å². The number of hydrogen-bond donors (Lipinski definition) is 1. The Morgan fingerprint density at radius 3 is 2.93 bits per heavy atom. The van der Waals surface area contributed by atoms with E-state index in [-0.39, 0.29) is 5.76 Å². The molecule has 0 fully saturated rings. The van der Waals surface area contributed by atoms with Crippen LogP contribution < -0.4 is 0 Å². The molecule has 0 aliphatic rings. The second-order valence-electron chi connectivity index (χ2n) is 3.10. The summed E-state index contributed by atoms with van der Waals surface area (Å²) in [4.78, 5) is 10.6. The van der Waals surface area contributed by atoms with Crippen molar-refractivity contribution in [2.24, 2.45) is 0 Å². The number of carbonyl (C=O) groups is 1. The van der Waals surface area contributed by atoms with Gasteiger partial charge in [0.05, 0.1) is 11.9 Å². The van der Waals surface area contributed by atoms with E-state index >= 15 is 0 Å². The molecule has 15 heavy (non-hydrogen) atoms. The highest BCUT2D eigenvalue weighted by atomic mass is 16.4. The van der Waals surface area contributed by atoms with Crippen molar-refractivity contribution in [3.8, 4) is 0 Å². The first kappa shape index (κ1) is 9.45. The molecule has 0 saturated carbocycles. The lowest BCUT2D eigenvalue weighted by Gasteiger charge is -1.98. The maximum absolute atomic E-state index is 10.6. The fourth-order valence-electron chi connectivity index (χ4n) is 1.19. The summed E-state index contributed by atoms with van der Waals surface area (Å²) in [5.74, 6) is -0.597. The van der Waals surface area contributed by atoms with Crippen LogP contribution in [0.5, 0.6) is 0 Å². The average molecular weight is 207 g/mol. The predicted octanol–water partition coefficient (Wildman–Crippen LogP) is 0.926. The van der Waals surface area contributed by atoms with E-state index in [2.05, 4.69) is 10.3 Å². The Hall–Kier alpha value is -2.11. The fourth-order valence-corrected chi connectivity index (χ4v) is 1.19. The summed E-state index contributed by atoms with van der Waals surface area (Å²) in [6.07, 6.45) is 1.63. The minimum atomic E-state index is -1.07. The Balaban J connectivity index is 2.18. The van der Waals surface area contributed by atoms with Crippen molar-refractivity contribution >= 4 is 5.97 Å². The molecule has 1 N–H and O–H groups in total. The summed E-state index contributed by atoms with van der Waals surface area (Å²) in [5.41, 5.74) is 0.892. The maximum Gasteiger partial charge on any atom is 0.371 e. The highest BCUT2D eigenvalue weighted by Gasteiger charge is 2.09. The zero-order valence-corrected chi connectivity index (χ0v) is 8.04. The number of aromatic nitrogens is 3. The van der Waals surface area contributed by atoms with E-state index in [1.165, 1.54) is 6.07 Å². The van der Waals surface area contributed by atoms with E-state index in [1.54, 1.807) is 16.9 Å². The van der Waals surface area contributed by atoms with Crippen LogP contribution in [-0.2, 0) is 6.54 Å². The molecule has 2 aromatic heterocycles. The van der Waals surface area contributed by atoms with Gasteiger partial charge in [0.25, 0.3) is 0 Å². The summed E-state index contributed by atoms with van der Waals surface area (Å²) in [6, 6.07) is 3.04. The highest BCUT2D eigenvalue weighted by molar-refractivity contribution is 5.84. The second-order valence-corrected chi connectivity index (χ2v) is 3.10. The van der Waals surface area contributed by atoms with Gasteiger partial charge in [0.2, 0.25) is 5.76 Å². The monoisotopic (exact) mass is 207 g/mol. The van der Waals surface area contributed by atoms with Gasteiger partial charge in [-0.25, -0.2) is 9.48 Å². The molecular formula is C9H9N3O3. The number of rotatable bonds is 3. The molecule has 78 valence electrons. The van der Waals surface area contributed by atoms with Crippen molar-refractivity contribution in [1.82, 2.24) is 15.0 Å². The van der Waals surface area contributed by atoms with Crippen molar-refractivity contribution in [2.75, 3.05) is 0 Å². The summed E-state index contributed by atoms with van der Waals surface area (Å²) < 4.78 is 6.71. The first-order chi connectivity index (χ1) is 7.16.